The summed E-state index contributed by atoms with van der Waals surface area (Å²) in [6.45, 7) is 0.554. The number of para-hydroxylation sites is 1. The predicted molar refractivity (Wildman–Crippen MR) is 79.4 cm³/mol. The summed E-state index contributed by atoms with van der Waals surface area (Å²) < 4.78 is 1.89. The molecule has 0 spiro atoms. The predicted octanol–water partition coefficient (Wildman–Crippen LogP) is 3.19. The number of nitrogen functional groups attached to an aromatic ring is 1. The van der Waals surface area contributed by atoms with E-state index in [4.69, 9.17) is 22.6 Å². The van der Waals surface area contributed by atoms with Gasteiger partial charge in [-0.15, -0.1) is 0 Å². The van der Waals surface area contributed by atoms with Crippen molar-refractivity contribution in [3.05, 3.63) is 58.6 Å². The number of fused-ring (bicyclic) bond motifs is 1. The molecule has 3 aromatic rings. The van der Waals surface area contributed by atoms with E-state index in [1.165, 1.54) is 0 Å². The third-order valence-corrected chi connectivity index (χ3v) is 3.46. The molecule has 0 aliphatic heterocycles. The van der Waals surface area contributed by atoms with Crippen LogP contribution in [0.3, 0.4) is 0 Å². The second kappa shape index (κ2) is 4.87. The van der Waals surface area contributed by atoms with Crippen LogP contribution >= 0.6 is 11.6 Å². The van der Waals surface area contributed by atoms with Crippen LogP contribution < -0.4 is 5.73 Å². The summed E-state index contributed by atoms with van der Waals surface area (Å²) in [6, 6.07) is 15.1. The lowest BCUT2D eigenvalue weighted by Gasteiger charge is -2.07. The van der Waals surface area contributed by atoms with Gasteiger partial charge in [-0.05, 0) is 29.8 Å². The van der Waals surface area contributed by atoms with E-state index in [0.717, 1.165) is 11.1 Å². The van der Waals surface area contributed by atoms with Crippen molar-refractivity contribution in [2.24, 2.45) is 0 Å². The summed E-state index contributed by atoms with van der Waals surface area (Å²) in [5, 5.41) is 9.52. The second-order valence-electron chi connectivity index (χ2n) is 4.48. The third-order valence-electron chi connectivity index (χ3n) is 3.16. The van der Waals surface area contributed by atoms with Crippen LogP contribution in [-0.2, 0) is 6.54 Å². The van der Waals surface area contributed by atoms with Crippen molar-refractivity contribution in [3.63, 3.8) is 0 Å². The lowest BCUT2D eigenvalue weighted by molar-refractivity contribution is 0.838. The first-order valence-corrected chi connectivity index (χ1v) is 6.46. The highest BCUT2D eigenvalue weighted by Gasteiger charge is 2.11. The van der Waals surface area contributed by atoms with Crippen LogP contribution in [-0.4, -0.2) is 9.55 Å². The number of hydrogen-bond acceptors (Lipinski definition) is 3. The molecule has 1 aromatic heterocycles. The Kier molecular flexibility index (Phi) is 3.05. The van der Waals surface area contributed by atoms with Gasteiger partial charge in [-0.2, -0.15) is 5.26 Å². The Hall–Kier alpha value is -2.51. The van der Waals surface area contributed by atoms with Crippen molar-refractivity contribution >= 4 is 28.6 Å². The molecule has 0 unspecified atom stereocenters. The van der Waals surface area contributed by atoms with Gasteiger partial charge in [-0.3, -0.25) is 0 Å². The van der Waals surface area contributed by atoms with Crippen LogP contribution in [0, 0.1) is 11.3 Å². The lowest BCUT2D eigenvalue weighted by atomic mass is 10.1. The average molecular weight is 283 g/mol. The van der Waals surface area contributed by atoms with Gasteiger partial charge < -0.3 is 10.3 Å². The smallest absolute Gasteiger partial charge is 0.201 e. The minimum absolute atomic E-state index is 0.412. The first-order chi connectivity index (χ1) is 9.69. The van der Waals surface area contributed by atoms with Gasteiger partial charge in [-0.25, -0.2) is 4.98 Å². The van der Waals surface area contributed by atoms with Gasteiger partial charge in [0.1, 0.15) is 5.52 Å². The van der Waals surface area contributed by atoms with Crippen LogP contribution in [0.15, 0.2) is 42.5 Å². The molecule has 0 aliphatic carbocycles. The number of aromatic nitrogens is 2. The van der Waals surface area contributed by atoms with Crippen molar-refractivity contribution in [2.45, 2.75) is 6.54 Å². The molecule has 0 aliphatic rings. The fourth-order valence-electron chi connectivity index (χ4n) is 2.22. The summed E-state index contributed by atoms with van der Waals surface area (Å²) in [5.74, 6) is 0.412. The molecule has 1 heterocycles. The molecule has 0 bridgehead atoms. The molecule has 0 saturated heterocycles. The molecular weight excluding hydrogens is 272 g/mol. The molecule has 20 heavy (non-hydrogen) atoms. The Morgan fingerprint density at radius 2 is 2.05 bits per heavy atom. The highest BCUT2D eigenvalue weighted by molar-refractivity contribution is 6.35. The monoisotopic (exact) mass is 282 g/mol. The number of rotatable bonds is 2. The maximum atomic E-state index is 8.94. The van der Waals surface area contributed by atoms with E-state index in [1.54, 1.807) is 12.1 Å². The molecular formula is C15H11ClN4. The van der Waals surface area contributed by atoms with Gasteiger partial charge >= 0.3 is 0 Å². The van der Waals surface area contributed by atoms with E-state index in [9.17, 15) is 0 Å². The zero-order valence-corrected chi connectivity index (χ0v) is 11.3. The Morgan fingerprint density at radius 1 is 1.25 bits per heavy atom. The summed E-state index contributed by atoms with van der Waals surface area (Å²) in [5.41, 5.74) is 9.18. The molecule has 2 N–H and O–H groups in total. The van der Waals surface area contributed by atoms with E-state index in [0.29, 0.717) is 28.6 Å². The Labute approximate surface area is 121 Å². The van der Waals surface area contributed by atoms with Gasteiger partial charge in [0, 0.05) is 0 Å². The quantitative estimate of drug-likeness (QED) is 0.785. The number of benzene rings is 2. The molecule has 3 rings (SSSR count). The summed E-state index contributed by atoms with van der Waals surface area (Å²) in [7, 11) is 0. The van der Waals surface area contributed by atoms with Crippen LogP contribution in [0.25, 0.3) is 11.0 Å². The van der Waals surface area contributed by atoms with Gasteiger partial charge in [0.15, 0.2) is 0 Å². The first-order valence-electron chi connectivity index (χ1n) is 6.08. The summed E-state index contributed by atoms with van der Waals surface area (Å²) in [6.07, 6.45) is 0. The van der Waals surface area contributed by atoms with Crippen LogP contribution in [0.5, 0.6) is 0 Å². The number of nitriles is 1. The van der Waals surface area contributed by atoms with E-state index < -0.39 is 0 Å². The van der Waals surface area contributed by atoms with Gasteiger partial charge in [0.2, 0.25) is 5.95 Å². The van der Waals surface area contributed by atoms with E-state index in [2.05, 4.69) is 11.1 Å². The fraction of sp³-hybridized carbons (Fsp3) is 0.0667. The number of imidazole rings is 1. The number of hydrogen-bond donors (Lipinski definition) is 1. The highest BCUT2D eigenvalue weighted by Crippen LogP contribution is 2.25. The number of anilines is 1. The second-order valence-corrected chi connectivity index (χ2v) is 4.88. The van der Waals surface area contributed by atoms with Crippen molar-refractivity contribution < 1.29 is 0 Å². The van der Waals surface area contributed by atoms with Crippen molar-refractivity contribution in [3.8, 4) is 6.07 Å². The maximum absolute atomic E-state index is 8.94. The van der Waals surface area contributed by atoms with E-state index >= 15 is 0 Å². The van der Waals surface area contributed by atoms with Crippen LogP contribution in [0.4, 0.5) is 5.95 Å². The van der Waals surface area contributed by atoms with Gasteiger partial charge in [0.05, 0.1) is 28.7 Å². The van der Waals surface area contributed by atoms with Crippen molar-refractivity contribution in [2.75, 3.05) is 5.73 Å². The highest BCUT2D eigenvalue weighted by atomic mass is 35.5. The zero-order valence-electron chi connectivity index (χ0n) is 10.5. The average Bonchev–Trinajstić information content (AvgIpc) is 2.78. The standard InChI is InChI=1S/C15H11ClN4/c16-12-5-2-6-13-14(12)19-15(18)20(13)9-11-4-1-3-10(7-11)8-17/h1-7H,9H2,(H2,18,19). The normalized spacial score (nSPS) is 10.6. The van der Waals surface area contributed by atoms with Gasteiger partial charge in [-0.1, -0.05) is 29.8 Å². The first kappa shape index (κ1) is 12.5. The molecule has 98 valence electrons. The minimum Gasteiger partial charge on any atom is -0.369 e. The van der Waals surface area contributed by atoms with Crippen molar-refractivity contribution in [1.82, 2.24) is 9.55 Å². The third kappa shape index (κ3) is 2.09. The molecule has 0 atom stereocenters. The Balaban J connectivity index is 2.09. The maximum Gasteiger partial charge on any atom is 0.201 e. The lowest BCUT2D eigenvalue weighted by Crippen LogP contribution is -2.04. The Morgan fingerprint density at radius 3 is 2.85 bits per heavy atom. The topological polar surface area (TPSA) is 67.6 Å². The molecule has 4 nitrogen and oxygen atoms in total. The van der Waals surface area contributed by atoms with Crippen LogP contribution in [0.1, 0.15) is 11.1 Å². The minimum atomic E-state index is 0.412. The molecule has 0 amide bonds. The SMILES string of the molecule is N#Cc1cccc(Cn2c(N)nc3c(Cl)cccc32)c1. The van der Waals surface area contributed by atoms with E-state index in [1.807, 2.05) is 34.9 Å². The molecule has 5 heteroatoms. The largest absolute Gasteiger partial charge is 0.369 e. The van der Waals surface area contributed by atoms with Crippen LogP contribution in [0.2, 0.25) is 5.02 Å². The van der Waals surface area contributed by atoms with Gasteiger partial charge in [0.25, 0.3) is 0 Å². The van der Waals surface area contributed by atoms with Crippen molar-refractivity contribution in [1.29, 1.82) is 5.26 Å². The molecule has 2 aromatic carbocycles. The molecule has 0 fully saturated rings. The zero-order chi connectivity index (χ0) is 14.1. The van der Waals surface area contributed by atoms with E-state index in [-0.39, 0.29) is 0 Å². The molecule has 0 radical (unpaired) electrons. The Bertz CT molecular complexity index is 829. The number of nitrogens with zero attached hydrogens (tertiary/aromatic N) is 3. The molecule has 0 saturated carbocycles. The number of halogens is 1. The fourth-order valence-corrected chi connectivity index (χ4v) is 2.43. The summed E-state index contributed by atoms with van der Waals surface area (Å²) in [4.78, 5) is 4.30. The number of nitrogens with two attached hydrogens (primary N) is 1. The summed E-state index contributed by atoms with van der Waals surface area (Å²) >= 11 is 6.12.